The van der Waals surface area contributed by atoms with Crippen molar-refractivity contribution in [3.63, 3.8) is 0 Å². The standard InChI is InChI=1S/C25H16F3N5O3/c26-25(27,28)17-6-2-1-4-15(17)22(34)31-12-14-10-19(31)21-23(35)33(24(36)32(14)21)18-8-7-13(11-29)20-16(18)5-3-9-30-20/h1-9,14,19,35H,10,12H2. The first-order chi connectivity index (χ1) is 17.2. The topological polar surface area (TPSA) is 104 Å². The number of amides is 1. The Bertz CT molecular complexity index is 1680. The summed E-state index contributed by atoms with van der Waals surface area (Å²) >= 11 is 0. The highest BCUT2D eigenvalue weighted by Gasteiger charge is 2.50. The van der Waals surface area contributed by atoms with Gasteiger partial charge in [0.15, 0.2) is 0 Å². The molecule has 4 aromatic rings. The van der Waals surface area contributed by atoms with Gasteiger partial charge in [0.2, 0.25) is 5.88 Å². The lowest BCUT2D eigenvalue weighted by atomic mass is 10.0. The summed E-state index contributed by atoms with van der Waals surface area (Å²) in [6, 6.07) is 11.7. The van der Waals surface area contributed by atoms with Crippen LogP contribution in [0.3, 0.4) is 0 Å². The smallest absolute Gasteiger partial charge is 0.417 e. The number of carbonyl (C=O) groups is 1. The average Bonchev–Trinajstić information content (AvgIpc) is 3.54. The minimum Gasteiger partial charge on any atom is -0.493 e. The molecule has 2 unspecified atom stereocenters. The summed E-state index contributed by atoms with van der Waals surface area (Å²) < 4.78 is 43.1. The Morgan fingerprint density at radius 2 is 1.92 bits per heavy atom. The molecule has 2 bridgehead atoms. The lowest BCUT2D eigenvalue weighted by Gasteiger charge is -2.28. The SMILES string of the molecule is N#Cc1ccc(-n2c(O)c3n(c2=O)C2CC3N(C(=O)c3ccccc3C(F)(F)F)C2)c2cccnc12. The molecule has 2 aromatic carbocycles. The molecular weight excluding hydrogens is 475 g/mol. The molecule has 0 radical (unpaired) electrons. The molecule has 2 aliphatic rings. The van der Waals surface area contributed by atoms with Gasteiger partial charge in [0.1, 0.15) is 11.8 Å². The van der Waals surface area contributed by atoms with Gasteiger partial charge in [-0.15, -0.1) is 0 Å². The Hall–Kier alpha value is -4.59. The maximum absolute atomic E-state index is 13.5. The number of aromatic hydroxyl groups is 1. The highest BCUT2D eigenvalue weighted by atomic mass is 19.4. The fraction of sp³-hybridized carbons (Fsp3) is 0.200. The number of nitrogens with zero attached hydrogens (tertiary/aromatic N) is 5. The van der Waals surface area contributed by atoms with E-state index >= 15 is 0 Å². The van der Waals surface area contributed by atoms with Crippen LogP contribution in [0, 0.1) is 11.3 Å². The van der Waals surface area contributed by atoms with E-state index in [9.17, 15) is 33.1 Å². The third kappa shape index (κ3) is 2.90. The second kappa shape index (κ2) is 7.45. The van der Waals surface area contributed by atoms with Crippen molar-refractivity contribution in [3.8, 4) is 17.6 Å². The average molecular weight is 491 g/mol. The number of imidazole rings is 1. The van der Waals surface area contributed by atoms with Crippen LogP contribution in [0.15, 0.2) is 59.5 Å². The molecule has 4 heterocycles. The van der Waals surface area contributed by atoms with Crippen LogP contribution >= 0.6 is 0 Å². The highest BCUT2D eigenvalue weighted by Crippen LogP contribution is 2.49. The lowest BCUT2D eigenvalue weighted by Crippen LogP contribution is -2.38. The van der Waals surface area contributed by atoms with E-state index < -0.39 is 46.9 Å². The number of halogens is 3. The second-order valence-corrected chi connectivity index (χ2v) is 8.75. The van der Waals surface area contributed by atoms with E-state index in [4.69, 9.17) is 0 Å². The van der Waals surface area contributed by atoms with Crippen LogP contribution in [-0.4, -0.2) is 36.6 Å². The van der Waals surface area contributed by atoms with Crippen molar-refractivity contribution in [1.82, 2.24) is 19.0 Å². The first kappa shape index (κ1) is 21.9. The second-order valence-electron chi connectivity index (χ2n) is 8.75. The third-order valence-electron chi connectivity index (χ3n) is 6.89. The molecule has 0 saturated carbocycles. The van der Waals surface area contributed by atoms with Gasteiger partial charge in [-0.2, -0.15) is 18.4 Å². The first-order valence-corrected chi connectivity index (χ1v) is 11.0. The summed E-state index contributed by atoms with van der Waals surface area (Å²) in [5, 5.41) is 21.1. The molecule has 2 aliphatic heterocycles. The van der Waals surface area contributed by atoms with Gasteiger partial charge in [0, 0.05) is 18.1 Å². The van der Waals surface area contributed by atoms with Crippen molar-refractivity contribution >= 4 is 16.8 Å². The van der Waals surface area contributed by atoms with Crippen LogP contribution in [0.1, 0.15) is 45.7 Å². The number of alkyl halides is 3. The number of likely N-dealkylation sites (tertiary alicyclic amines) is 1. The Morgan fingerprint density at radius 1 is 1.14 bits per heavy atom. The minimum absolute atomic E-state index is 0.0434. The van der Waals surface area contributed by atoms with Crippen molar-refractivity contribution in [3.05, 3.63) is 87.6 Å². The molecule has 8 nitrogen and oxygen atoms in total. The van der Waals surface area contributed by atoms with E-state index in [0.717, 1.165) is 16.7 Å². The van der Waals surface area contributed by atoms with E-state index in [1.807, 2.05) is 6.07 Å². The summed E-state index contributed by atoms with van der Waals surface area (Å²) in [6.07, 6.45) is -2.88. The molecule has 0 aliphatic carbocycles. The zero-order valence-corrected chi connectivity index (χ0v) is 18.4. The number of nitriles is 1. The molecule has 11 heteroatoms. The van der Waals surface area contributed by atoms with Gasteiger partial charge < -0.3 is 10.0 Å². The van der Waals surface area contributed by atoms with Crippen LogP contribution in [-0.2, 0) is 6.18 Å². The van der Waals surface area contributed by atoms with Crippen LogP contribution in [0.2, 0.25) is 0 Å². The fourth-order valence-corrected chi connectivity index (χ4v) is 5.40. The van der Waals surface area contributed by atoms with Crippen molar-refractivity contribution < 1.29 is 23.1 Å². The van der Waals surface area contributed by atoms with E-state index in [-0.39, 0.29) is 12.2 Å². The fourth-order valence-electron chi connectivity index (χ4n) is 5.40. The van der Waals surface area contributed by atoms with E-state index in [0.29, 0.717) is 28.6 Å². The molecule has 2 aromatic heterocycles. The number of rotatable bonds is 2. The van der Waals surface area contributed by atoms with E-state index in [1.54, 1.807) is 12.1 Å². The molecule has 6 rings (SSSR count). The maximum atomic E-state index is 13.5. The highest BCUT2D eigenvalue weighted by molar-refractivity contribution is 5.96. The summed E-state index contributed by atoms with van der Waals surface area (Å²) in [6.45, 7) is 0.0434. The van der Waals surface area contributed by atoms with Crippen molar-refractivity contribution in [2.45, 2.75) is 24.7 Å². The lowest BCUT2D eigenvalue weighted by molar-refractivity contribution is -0.138. The van der Waals surface area contributed by atoms with Crippen molar-refractivity contribution in [2.75, 3.05) is 6.54 Å². The van der Waals surface area contributed by atoms with Crippen LogP contribution in [0.25, 0.3) is 16.6 Å². The van der Waals surface area contributed by atoms with E-state index in [2.05, 4.69) is 4.98 Å². The molecule has 2 atom stereocenters. The number of pyridine rings is 1. The molecule has 180 valence electrons. The van der Waals surface area contributed by atoms with Crippen molar-refractivity contribution in [1.29, 1.82) is 5.26 Å². The van der Waals surface area contributed by atoms with Crippen LogP contribution in [0.5, 0.6) is 5.88 Å². The Kier molecular flexibility index (Phi) is 4.54. The molecule has 1 N–H and O–H groups in total. The predicted octanol–water partition coefficient (Wildman–Crippen LogP) is 3.93. The van der Waals surface area contributed by atoms with Gasteiger partial charge in [-0.3, -0.25) is 14.3 Å². The predicted molar refractivity (Wildman–Crippen MR) is 121 cm³/mol. The summed E-state index contributed by atoms with van der Waals surface area (Å²) in [5.41, 5.74) is -0.903. The molecule has 1 fully saturated rings. The van der Waals surface area contributed by atoms with Gasteiger partial charge >= 0.3 is 11.9 Å². The quantitative estimate of drug-likeness (QED) is 0.458. The van der Waals surface area contributed by atoms with Gasteiger partial charge in [0.05, 0.1) is 40.0 Å². The number of hydrogen-bond donors (Lipinski definition) is 1. The Balaban J connectivity index is 1.47. The van der Waals surface area contributed by atoms with Gasteiger partial charge in [0.25, 0.3) is 5.91 Å². The minimum atomic E-state index is -4.71. The Morgan fingerprint density at radius 3 is 2.67 bits per heavy atom. The van der Waals surface area contributed by atoms with Crippen molar-refractivity contribution in [2.24, 2.45) is 0 Å². The van der Waals surface area contributed by atoms with Gasteiger partial charge in [-0.25, -0.2) is 9.36 Å². The van der Waals surface area contributed by atoms with Crippen LogP contribution in [0.4, 0.5) is 13.2 Å². The number of aromatic nitrogens is 3. The van der Waals surface area contributed by atoms with E-state index in [1.165, 1.54) is 39.9 Å². The maximum Gasteiger partial charge on any atom is 0.417 e. The number of benzene rings is 2. The zero-order valence-electron chi connectivity index (χ0n) is 18.4. The number of fused-ring (bicyclic) bond motifs is 6. The largest absolute Gasteiger partial charge is 0.493 e. The molecule has 1 amide bonds. The number of carbonyl (C=O) groups excluding carboxylic acids is 1. The molecule has 0 spiro atoms. The third-order valence-corrected chi connectivity index (χ3v) is 6.89. The molecular formula is C25H16F3N5O3. The van der Waals surface area contributed by atoms with Crippen LogP contribution < -0.4 is 5.69 Å². The summed E-state index contributed by atoms with van der Waals surface area (Å²) in [5.74, 6) is -1.21. The molecule has 1 saturated heterocycles. The van der Waals surface area contributed by atoms with Gasteiger partial charge in [-0.05, 0) is 42.8 Å². The Labute approximate surface area is 201 Å². The summed E-state index contributed by atoms with van der Waals surface area (Å²) in [7, 11) is 0. The molecule has 36 heavy (non-hydrogen) atoms. The zero-order chi connectivity index (χ0) is 25.4. The summed E-state index contributed by atoms with van der Waals surface area (Å²) in [4.78, 5) is 32.2. The normalized spacial score (nSPS) is 18.4. The monoisotopic (exact) mass is 491 g/mol. The first-order valence-electron chi connectivity index (χ1n) is 11.0. The van der Waals surface area contributed by atoms with Gasteiger partial charge in [-0.1, -0.05) is 12.1 Å². The number of hydrogen-bond acceptors (Lipinski definition) is 5.